The molecule has 4 nitrogen and oxygen atoms in total. The van der Waals surface area contributed by atoms with Crippen LogP contribution in [0.25, 0.3) is 11.0 Å². The molecule has 0 aliphatic heterocycles. The minimum Gasteiger partial charge on any atom is -0.451 e. The summed E-state index contributed by atoms with van der Waals surface area (Å²) in [5.74, 6) is -0.499. The van der Waals surface area contributed by atoms with Crippen molar-refractivity contribution in [2.75, 3.05) is 0 Å². The van der Waals surface area contributed by atoms with Crippen molar-refractivity contribution >= 4 is 16.9 Å². The van der Waals surface area contributed by atoms with Gasteiger partial charge in [-0.05, 0) is 44.2 Å². The number of aromatic nitrogens is 1. The van der Waals surface area contributed by atoms with Gasteiger partial charge in [0.15, 0.2) is 5.76 Å². The standard InChI is InChI=1S/C17H15FN2O2/c1-10-13-9-12(18)6-7-15(13)22-16(10)17(21)20-11(2)14-5-3-4-8-19-14/h3-9,11H,1-2H3,(H,20,21). The van der Waals surface area contributed by atoms with Crippen LogP contribution in [0, 0.1) is 12.7 Å². The maximum Gasteiger partial charge on any atom is 0.287 e. The molecule has 1 unspecified atom stereocenters. The van der Waals surface area contributed by atoms with Crippen LogP contribution in [0.3, 0.4) is 0 Å². The molecule has 0 aliphatic rings. The monoisotopic (exact) mass is 298 g/mol. The molecule has 1 N–H and O–H groups in total. The Morgan fingerprint density at radius 1 is 1.32 bits per heavy atom. The fourth-order valence-electron chi connectivity index (χ4n) is 2.38. The van der Waals surface area contributed by atoms with Gasteiger partial charge in [-0.1, -0.05) is 6.07 Å². The molecule has 22 heavy (non-hydrogen) atoms. The smallest absolute Gasteiger partial charge is 0.287 e. The molecule has 0 saturated carbocycles. The molecule has 3 aromatic rings. The third-order valence-electron chi connectivity index (χ3n) is 3.58. The number of nitrogens with one attached hydrogen (secondary N) is 1. The lowest BCUT2D eigenvalue weighted by molar-refractivity contribution is 0.0912. The van der Waals surface area contributed by atoms with Crippen molar-refractivity contribution in [2.45, 2.75) is 19.9 Å². The van der Waals surface area contributed by atoms with Crippen molar-refractivity contribution < 1.29 is 13.6 Å². The molecular formula is C17H15FN2O2. The Kier molecular flexibility index (Phi) is 3.63. The summed E-state index contributed by atoms with van der Waals surface area (Å²) in [6, 6.07) is 9.47. The highest BCUT2D eigenvalue weighted by Gasteiger charge is 2.20. The third-order valence-corrected chi connectivity index (χ3v) is 3.58. The van der Waals surface area contributed by atoms with Gasteiger partial charge in [0.05, 0.1) is 11.7 Å². The summed E-state index contributed by atoms with van der Waals surface area (Å²) in [6.07, 6.45) is 1.67. The highest BCUT2D eigenvalue weighted by atomic mass is 19.1. The number of carbonyl (C=O) groups excluding carboxylic acids is 1. The largest absolute Gasteiger partial charge is 0.451 e. The lowest BCUT2D eigenvalue weighted by Crippen LogP contribution is -2.27. The second-order valence-corrected chi connectivity index (χ2v) is 5.15. The molecule has 1 atom stereocenters. The zero-order chi connectivity index (χ0) is 15.7. The van der Waals surface area contributed by atoms with E-state index in [0.29, 0.717) is 16.5 Å². The van der Waals surface area contributed by atoms with Gasteiger partial charge in [0.25, 0.3) is 5.91 Å². The summed E-state index contributed by atoms with van der Waals surface area (Å²) < 4.78 is 18.9. The number of rotatable bonds is 3. The summed E-state index contributed by atoms with van der Waals surface area (Å²) >= 11 is 0. The zero-order valence-corrected chi connectivity index (χ0v) is 12.3. The van der Waals surface area contributed by atoms with E-state index in [1.807, 2.05) is 25.1 Å². The van der Waals surface area contributed by atoms with Gasteiger partial charge in [-0.25, -0.2) is 4.39 Å². The van der Waals surface area contributed by atoms with Crippen molar-refractivity contribution in [3.63, 3.8) is 0 Å². The number of hydrogen-bond donors (Lipinski definition) is 1. The van der Waals surface area contributed by atoms with E-state index in [1.54, 1.807) is 13.1 Å². The van der Waals surface area contributed by atoms with Crippen LogP contribution in [-0.2, 0) is 0 Å². The van der Waals surface area contributed by atoms with Crippen LogP contribution >= 0.6 is 0 Å². The first-order chi connectivity index (χ1) is 10.6. The van der Waals surface area contributed by atoms with E-state index in [-0.39, 0.29) is 23.5 Å². The molecule has 1 amide bonds. The molecule has 112 valence electrons. The van der Waals surface area contributed by atoms with Crippen LogP contribution in [0.4, 0.5) is 4.39 Å². The highest BCUT2D eigenvalue weighted by molar-refractivity contribution is 5.99. The molecule has 0 spiro atoms. The van der Waals surface area contributed by atoms with Crippen molar-refractivity contribution in [2.24, 2.45) is 0 Å². The second-order valence-electron chi connectivity index (χ2n) is 5.15. The number of benzene rings is 1. The Bertz CT molecular complexity index is 827. The first-order valence-electron chi connectivity index (χ1n) is 6.96. The Balaban J connectivity index is 1.88. The minimum absolute atomic E-state index is 0.198. The quantitative estimate of drug-likeness (QED) is 0.801. The van der Waals surface area contributed by atoms with Gasteiger partial charge in [-0.2, -0.15) is 0 Å². The number of hydrogen-bond acceptors (Lipinski definition) is 3. The molecule has 5 heteroatoms. The number of fused-ring (bicyclic) bond motifs is 1. The topological polar surface area (TPSA) is 55.1 Å². The molecule has 3 rings (SSSR count). The molecule has 0 fully saturated rings. The Morgan fingerprint density at radius 3 is 2.86 bits per heavy atom. The average Bonchev–Trinajstić information content (AvgIpc) is 2.85. The van der Waals surface area contributed by atoms with E-state index in [0.717, 1.165) is 5.69 Å². The van der Waals surface area contributed by atoms with Crippen LogP contribution in [0.15, 0.2) is 47.0 Å². The van der Waals surface area contributed by atoms with Crippen LogP contribution < -0.4 is 5.32 Å². The van der Waals surface area contributed by atoms with Gasteiger partial charge in [0.1, 0.15) is 11.4 Å². The summed E-state index contributed by atoms with van der Waals surface area (Å²) in [4.78, 5) is 16.6. The van der Waals surface area contributed by atoms with Crippen molar-refractivity contribution in [3.8, 4) is 0 Å². The fraction of sp³-hybridized carbons (Fsp3) is 0.176. The molecule has 2 heterocycles. The van der Waals surface area contributed by atoms with E-state index in [1.165, 1.54) is 18.2 Å². The van der Waals surface area contributed by atoms with Crippen LogP contribution in [-0.4, -0.2) is 10.9 Å². The van der Waals surface area contributed by atoms with E-state index in [4.69, 9.17) is 4.42 Å². The van der Waals surface area contributed by atoms with E-state index in [2.05, 4.69) is 10.3 Å². The SMILES string of the molecule is Cc1c(C(=O)NC(C)c2ccccn2)oc2ccc(F)cc12. The van der Waals surface area contributed by atoms with Gasteiger partial charge in [-0.3, -0.25) is 9.78 Å². The maximum absolute atomic E-state index is 13.3. The summed E-state index contributed by atoms with van der Waals surface area (Å²) in [5.41, 5.74) is 1.88. The Labute approximate surface area is 127 Å². The minimum atomic E-state index is -0.356. The van der Waals surface area contributed by atoms with Gasteiger partial charge < -0.3 is 9.73 Å². The fourth-order valence-corrected chi connectivity index (χ4v) is 2.38. The zero-order valence-electron chi connectivity index (χ0n) is 12.3. The number of carbonyl (C=O) groups is 1. The lowest BCUT2D eigenvalue weighted by atomic mass is 10.1. The number of nitrogens with zero attached hydrogens (tertiary/aromatic N) is 1. The van der Waals surface area contributed by atoms with Gasteiger partial charge in [0.2, 0.25) is 0 Å². The number of furan rings is 1. The molecule has 0 bridgehead atoms. The summed E-state index contributed by atoms with van der Waals surface area (Å²) in [6.45, 7) is 3.59. The second kappa shape index (κ2) is 5.60. The van der Waals surface area contributed by atoms with Gasteiger partial charge >= 0.3 is 0 Å². The maximum atomic E-state index is 13.3. The predicted octanol–water partition coefficient (Wildman–Crippen LogP) is 3.77. The van der Waals surface area contributed by atoms with E-state index in [9.17, 15) is 9.18 Å². The van der Waals surface area contributed by atoms with Crippen molar-refractivity contribution in [1.82, 2.24) is 10.3 Å². The first kappa shape index (κ1) is 14.3. The molecular weight excluding hydrogens is 283 g/mol. The highest BCUT2D eigenvalue weighted by Crippen LogP contribution is 2.26. The number of amides is 1. The normalized spacial score (nSPS) is 12.3. The van der Waals surface area contributed by atoms with Crippen LogP contribution in [0.5, 0.6) is 0 Å². The van der Waals surface area contributed by atoms with E-state index < -0.39 is 0 Å². The summed E-state index contributed by atoms with van der Waals surface area (Å²) in [5, 5.41) is 3.45. The number of pyridine rings is 1. The lowest BCUT2D eigenvalue weighted by Gasteiger charge is -2.12. The Morgan fingerprint density at radius 2 is 2.14 bits per heavy atom. The van der Waals surface area contributed by atoms with Crippen LogP contribution in [0.1, 0.15) is 34.8 Å². The van der Waals surface area contributed by atoms with Crippen molar-refractivity contribution in [1.29, 1.82) is 0 Å². The molecule has 0 radical (unpaired) electrons. The summed E-state index contributed by atoms with van der Waals surface area (Å²) in [7, 11) is 0. The predicted molar refractivity (Wildman–Crippen MR) is 81.0 cm³/mol. The van der Waals surface area contributed by atoms with E-state index >= 15 is 0 Å². The Hall–Kier alpha value is -2.69. The molecule has 2 aromatic heterocycles. The molecule has 0 saturated heterocycles. The first-order valence-corrected chi connectivity index (χ1v) is 6.96. The number of halogens is 1. The van der Waals surface area contributed by atoms with Crippen LogP contribution in [0.2, 0.25) is 0 Å². The molecule has 1 aromatic carbocycles. The molecule has 0 aliphatic carbocycles. The average molecular weight is 298 g/mol. The number of aryl methyl sites for hydroxylation is 1. The third kappa shape index (κ3) is 2.57. The van der Waals surface area contributed by atoms with Gasteiger partial charge in [0, 0.05) is 17.1 Å². The van der Waals surface area contributed by atoms with Crippen molar-refractivity contribution in [3.05, 3.63) is 65.4 Å². The van der Waals surface area contributed by atoms with Gasteiger partial charge in [-0.15, -0.1) is 0 Å².